The van der Waals surface area contributed by atoms with Crippen molar-refractivity contribution in [2.75, 3.05) is 20.2 Å². The maximum Gasteiger partial charge on any atom is 0.335 e. The number of ether oxygens (including phenoxy) is 1. The van der Waals surface area contributed by atoms with Gasteiger partial charge in [0.15, 0.2) is 0 Å². The van der Waals surface area contributed by atoms with Gasteiger partial charge in [-0.2, -0.15) is 4.31 Å². The molecule has 0 amide bonds. The zero-order chi connectivity index (χ0) is 14.9. The van der Waals surface area contributed by atoms with Crippen LogP contribution in [0.3, 0.4) is 0 Å². The Morgan fingerprint density at radius 2 is 2.15 bits per heavy atom. The van der Waals surface area contributed by atoms with E-state index in [0.29, 0.717) is 6.42 Å². The van der Waals surface area contributed by atoms with Crippen molar-refractivity contribution in [3.8, 4) is 5.75 Å². The number of aliphatic hydroxyl groups excluding tert-OH is 1. The highest BCUT2D eigenvalue weighted by atomic mass is 32.2. The standard InChI is InChI=1S/C12H15NO6S/c1-19-10-6-8(12(15)16)2-3-11(10)20(17,18)13-5-4-9(14)7-13/h2-3,6,9,14H,4-5,7H2,1H3,(H,15,16)/t9-/m1/s1. The SMILES string of the molecule is COc1cc(C(=O)O)ccc1S(=O)(=O)N1CC[C@@H](O)C1. The van der Waals surface area contributed by atoms with Crippen LogP contribution in [0.25, 0.3) is 0 Å². The Balaban J connectivity index is 2.44. The molecule has 1 aliphatic heterocycles. The van der Waals surface area contributed by atoms with E-state index in [1.54, 1.807) is 0 Å². The first-order chi connectivity index (χ1) is 9.36. The smallest absolute Gasteiger partial charge is 0.335 e. The van der Waals surface area contributed by atoms with E-state index in [9.17, 15) is 18.3 Å². The van der Waals surface area contributed by atoms with E-state index in [4.69, 9.17) is 9.84 Å². The normalized spacial score (nSPS) is 20.0. The lowest BCUT2D eigenvalue weighted by molar-refractivity contribution is 0.0696. The third kappa shape index (κ3) is 2.62. The molecule has 1 heterocycles. The molecule has 2 N–H and O–H groups in total. The minimum atomic E-state index is -3.80. The van der Waals surface area contributed by atoms with Gasteiger partial charge in [0.2, 0.25) is 10.0 Å². The second kappa shape index (κ2) is 5.39. The topological polar surface area (TPSA) is 104 Å². The summed E-state index contributed by atoms with van der Waals surface area (Å²) in [5, 5.41) is 18.3. The van der Waals surface area contributed by atoms with Crippen LogP contribution in [0.15, 0.2) is 23.1 Å². The largest absolute Gasteiger partial charge is 0.495 e. The van der Waals surface area contributed by atoms with Gasteiger partial charge in [0.25, 0.3) is 0 Å². The molecule has 0 unspecified atom stereocenters. The summed E-state index contributed by atoms with van der Waals surface area (Å²) in [6, 6.07) is 3.59. The summed E-state index contributed by atoms with van der Waals surface area (Å²) in [6.45, 7) is 0.263. The van der Waals surface area contributed by atoms with Gasteiger partial charge in [-0.05, 0) is 24.6 Å². The van der Waals surface area contributed by atoms with Crippen LogP contribution in [-0.2, 0) is 10.0 Å². The number of β-amino-alcohol motifs (C(OH)–C–C–N with tert-alkyl or cyclic N) is 1. The molecule has 1 atom stereocenters. The first-order valence-corrected chi connectivity index (χ1v) is 7.40. The van der Waals surface area contributed by atoms with Crippen LogP contribution in [0.2, 0.25) is 0 Å². The van der Waals surface area contributed by atoms with Crippen molar-refractivity contribution < 1.29 is 28.2 Å². The highest BCUT2D eigenvalue weighted by Gasteiger charge is 2.33. The van der Waals surface area contributed by atoms with Crippen molar-refractivity contribution >= 4 is 16.0 Å². The summed E-state index contributed by atoms with van der Waals surface area (Å²) in [7, 11) is -2.52. The van der Waals surface area contributed by atoms with Gasteiger partial charge in [-0.25, -0.2) is 13.2 Å². The summed E-state index contributed by atoms with van der Waals surface area (Å²) in [5.74, 6) is -1.19. The first-order valence-electron chi connectivity index (χ1n) is 5.96. The molecule has 20 heavy (non-hydrogen) atoms. The fraction of sp³-hybridized carbons (Fsp3) is 0.417. The lowest BCUT2D eigenvalue weighted by Crippen LogP contribution is -2.30. The van der Waals surface area contributed by atoms with E-state index in [0.717, 1.165) is 4.31 Å². The minimum Gasteiger partial charge on any atom is -0.495 e. The Morgan fingerprint density at radius 1 is 1.45 bits per heavy atom. The van der Waals surface area contributed by atoms with E-state index >= 15 is 0 Å². The van der Waals surface area contributed by atoms with E-state index in [-0.39, 0.29) is 29.3 Å². The summed E-state index contributed by atoms with van der Waals surface area (Å²) < 4.78 is 31.0. The van der Waals surface area contributed by atoms with Crippen LogP contribution >= 0.6 is 0 Å². The van der Waals surface area contributed by atoms with Gasteiger partial charge in [0, 0.05) is 13.1 Å². The van der Waals surface area contributed by atoms with Crippen molar-refractivity contribution in [2.45, 2.75) is 17.4 Å². The Bertz CT molecular complexity index is 627. The molecular formula is C12H15NO6S. The quantitative estimate of drug-likeness (QED) is 0.820. The Labute approximate surface area is 116 Å². The summed E-state index contributed by atoms with van der Waals surface area (Å²) >= 11 is 0. The second-order valence-corrected chi connectivity index (χ2v) is 6.38. The number of carboxylic acids is 1. The third-order valence-electron chi connectivity index (χ3n) is 3.15. The minimum absolute atomic E-state index is 0.0220. The van der Waals surface area contributed by atoms with Crippen LogP contribution in [0.5, 0.6) is 5.75 Å². The van der Waals surface area contributed by atoms with Crippen molar-refractivity contribution in [3.63, 3.8) is 0 Å². The molecule has 0 aromatic heterocycles. The molecule has 0 saturated carbocycles. The molecule has 2 rings (SSSR count). The van der Waals surface area contributed by atoms with E-state index in [1.807, 2.05) is 0 Å². The maximum atomic E-state index is 12.4. The number of aliphatic hydroxyl groups is 1. The number of rotatable bonds is 4. The van der Waals surface area contributed by atoms with Crippen molar-refractivity contribution in [1.29, 1.82) is 0 Å². The average Bonchev–Trinajstić information content (AvgIpc) is 2.85. The molecule has 1 aromatic carbocycles. The zero-order valence-electron chi connectivity index (χ0n) is 10.8. The molecule has 110 valence electrons. The molecule has 0 spiro atoms. The van der Waals surface area contributed by atoms with E-state index < -0.39 is 22.1 Å². The molecule has 1 aliphatic rings. The van der Waals surface area contributed by atoms with Gasteiger partial charge >= 0.3 is 5.97 Å². The van der Waals surface area contributed by atoms with Crippen LogP contribution in [0.4, 0.5) is 0 Å². The summed E-state index contributed by atoms with van der Waals surface area (Å²) in [5.41, 5.74) is -0.0535. The van der Waals surface area contributed by atoms with Crippen molar-refractivity contribution in [3.05, 3.63) is 23.8 Å². The number of nitrogens with zero attached hydrogens (tertiary/aromatic N) is 1. The average molecular weight is 301 g/mol. The first kappa shape index (κ1) is 14.8. The number of benzene rings is 1. The second-order valence-electron chi connectivity index (χ2n) is 4.48. The molecule has 0 bridgehead atoms. The molecule has 1 aromatic rings. The number of hydrogen-bond acceptors (Lipinski definition) is 5. The van der Waals surface area contributed by atoms with Gasteiger partial charge in [-0.3, -0.25) is 0 Å². The zero-order valence-corrected chi connectivity index (χ0v) is 11.6. The predicted molar refractivity (Wildman–Crippen MR) is 69.3 cm³/mol. The highest BCUT2D eigenvalue weighted by Crippen LogP contribution is 2.29. The number of carbonyl (C=O) groups is 1. The van der Waals surface area contributed by atoms with E-state index in [2.05, 4.69) is 0 Å². The lowest BCUT2D eigenvalue weighted by atomic mass is 10.2. The van der Waals surface area contributed by atoms with E-state index in [1.165, 1.54) is 25.3 Å². The molecule has 1 fully saturated rings. The fourth-order valence-corrected chi connectivity index (χ4v) is 3.71. The lowest BCUT2D eigenvalue weighted by Gasteiger charge is -2.18. The van der Waals surface area contributed by atoms with Crippen LogP contribution in [0.1, 0.15) is 16.8 Å². The number of sulfonamides is 1. The Morgan fingerprint density at radius 3 is 2.65 bits per heavy atom. The predicted octanol–water partition coefficient (Wildman–Crippen LogP) is 0.149. The van der Waals surface area contributed by atoms with Crippen LogP contribution < -0.4 is 4.74 Å². The van der Waals surface area contributed by atoms with Gasteiger partial charge < -0.3 is 14.9 Å². The van der Waals surface area contributed by atoms with Crippen LogP contribution in [0, 0.1) is 0 Å². The number of methoxy groups -OCH3 is 1. The molecule has 7 nitrogen and oxygen atoms in total. The van der Waals surface area contributed by atoms with Crippen molar-refractivity contribution in [1.82, 2.24) is 4.31 Å². The monoisotopic (exact) mass is 301 g/mol. The van der Waals surface area contributed by atoms with Crippen LogP contribution in [-0.4, -0.2) is 55.2 Å². The molecule has 8 heteroatoms. The maximum absolute atomic E-state index is 12.4. The molecule has 1 saturated heterocycles. The van der Waals surface area contributed by atoms with Gasteiger partial charge in [-0.15, -0.1) is 0 Å². The Hall–Kier alpha value is -1.64. The molecule has 0 radical (unpaired) electrons. The number of carboxylic acid groups (broad SMARTS) is 1. The van der Waals surface area contributed by atoms with Gasteiger partial charge in [0.05, 0.1) is 18.8 Å². The van der Waals surface area contributed by atoms with Gasteiger partial charge in [0.1, 0.15) is 10.6 Å². The van der Waals surface area contributed by atoms with Crippen molar-refractivity contribution in [2.24, 2.45) is 0 Å². The summed E-state index contributed by atoms with van der Waals surface area (Å²) in [6.07, 6.45) is -0.288. The molecular weight excluding hydrogens is 286 g/mol. The number of hydrogen-bond donors (Lipinski definition) is 2. The highest BCUT2D eigenvalue weighted by molar-refractivity contribution is 7.89. The van der Waals surface area contributed by atoms with Gasteiger partial charge in [-0.1, -0.05) is 0 Å². The Kier molecular flexibility index (Phi) is 3.98. The number of aromatic carboxylic acids is 1. The summed E-state index contributed by atoms with van der Waals surface area (Å²) in [4.78, 5) is 10.8. The third-order valence-corrected chi connectivity index (χ3v) is 5.06. The molecule has 0 aliphatic carbocycles. The fourth-order valence-electron chi connectivity index (χ4n) is 2.08.